The molecule has 6 nitrogen and oxygen atoms in total. The number of nitrogens with two attached hydrogens (primary N) is 1. The third-order valence-electron chi connectivity index (χ3n) is 3.05. The molecule has 0 radical (unpaired) electrons. The molecule has 2 heterocycles. The van der Waals surface area contributed by atoms with Crippen LogP contribution < -0.4 is 11.1 Å². The van der Waals surface area contributed by atoms with E-state index in [-0.39, 0.29) is 5.91 Å². The number of carbonyl (C=O) groups excluding carboxylic acids is 1. The Morgan fingerprint density at radius 1 is 1.45 bits per heavy atom. The van der Waals surface area contributed by atoms with Crippen molar-refractivity contribution >= 4 is 5.91 Å². The lowest BCUT2D eigenvalue weighted by Gasteiger charge is -2.04. The molecule has 2 aromatic rings. The van der Waals surface area contributed by atoms with Crippen molar-refractivity contribution in [3.8, 4) is 11.5 Å². The number of rotatable bonds is 8. The highest BCUT2D eigenvalue weighted by Crippen LogP contribution is 2.23. The number of amides is 1. The van der Waals surface area contributed by atoms with Gasteiger partial charge >= 0.3 is 0 Å². The van der Waals surface area contributed by atoms with E-state index in [0.717, 1.165) is 42.2 Å². The molecule has 0 bridgehead atoms. The molecule has 4 N–H and O–H groups in total. The Kier molecular flexibility index (Phi) is 4.95. The molecule has 20 heavy (non-hydrogen) atoms. The predicted molar refractivity (Wildman–Crippen MR) is 75.8 cm³/mol. The SMILES string of the molecule is Cc1ccc(-c2[nH]ncc2CNCCCCC(N)=O)o1. The van der Waals surface area contributed by atoms with Crippen molar-refractivity contribution < 1.29 is 9.21 Å². The van der Waals surface area contributed by atoms with Crippen molar-refractivity contribution in [3.05, 3.63) is 29.7 Å². The number of carbonyl (C=O) groups is 1. The van der Waals surface area contributed by atoms with E-state index in [9.17, 15) is 4.79 Å². The van der Waals surface area contributed by atoms with E-state index in [2.05, 4.69) is 15.5 Å². The molecule has 0 saturated carbocycles. The van der Waals surface area contributed by atoms with Crippen molar-refractivity contribution in [3.63, 3.8) is 0 Å². The van der Waals surface area contributed by atoms with E-state index in [1.54, 1.807) is 6.20 Å². The topological polar surface area (TPSA) is 96.9 Å². The van der Waals surface area contributed by atoms with Gasteiger partial charge in [-0.15, -0.1) is 0 Å². The number of nitrogens with zero attached hydrogens (tertiary/aromatic N) is 1. The fourth-order valence-corrected chi connectivity index (χ4v) is 2.00. The van der Waals surface area contributed by atoms with Crippen LogP contribution in [0.5, 0.6) is 0 Å². The average molecular weight is 276 g/mol. The summed E-state index contributed by atoms with van der Waals surface area (Å²) in [5.74, 6) is 1.43. The Morgan fingerprint density at radius 3 is 3.00 bits per heavy atom. The minimum Gasteiger partial charge on any atom is -0.460 e. The predicted octanol–water partition coefficient (Wildman–Crippen LogP) is 1.72. The van der Waals surface area contributed by atoms with Crippen molar-refractivity contribution in [2.75, 3.05) is 6.54 Å². The molecule has 0 saturated heterocycles. The maximum atomic E-state index is 10.6. The highest BCUT2D eigenvalue weighted by atomic mass is 16.3. The van der Waals surface area contributed by atoms with Gasteiger partial charge in [0, 0.05) is 18.5 Å². The molecule has 2 rings (SSSR count). The summed E-state index contributed by atoms with van der Waals surface area (Å²) in [5, 5.41) is 10.3. The van der Waals surface area contributed by atoms with E-state index in [1.807, 2.05) is 19.1 Å². The first kappa shape index (κ1) is 14.3. The van der Waals surface area contributed by atoms with Gasteiger partial charge in [0.1, 0.15) is 11.5 Å². The first-order chi connectivity index (χ1) is 9.66. The van der Waals surface area contributed by atoms with Crippen LogP contribution in [0, 0.1) is 6.92 Å². The fourth-order valence-electron chi connectivity index (χ4n) is 2.00. The van der Waals surface area contributed by atoms with Crippen LogP contribution in [0.3, 0.4) is 0 Å². The molecule has 0 aromatic carbocycles. The number of H-pyrrole nitrogens is 1. The molecular weight excluding hydrogens is 256 g/mol. The lowest BCUT2D eigenvalue weighted by atomic mass is 10.2. The van der Waals surface area contributed by atoms with Crippen LogP contribution in [0.2, 0.25) is 0 Å². The van der Waals surface area contributed by atoms with Gasteiger partial charge in [-0.3, -0.25) is 9.89 Å². The molecular formula is C14H20N4O2. The summed E-state index contributed by atoms with van der Waals surface area (Å²) in [7, 11) is 0. The van der Waals surface area contributed by atoms with E-state index >= 15 is 0 Å². The van der Waals surface area contributed by atoms with Gasteiger partial charge in [0.2, 0.25) is 5.91 Å². The zero-order valence-corrected chi connectivity index (χ0v) is 11.6. The van der Waals surface area contributed by atoms with Gasteiger partial charge < -0.3 is 15.5 Å². The lowest BCUT2D eigenvalue weighted by Crippen LogP contribution is -2.16. The van der Waals surface area contributed by atoms with Gasteiger partial charge in [-0.1, -0.05) is 0 Å². The number of hydrogen-bond acceptors (Lipinski definition) is 4. The van der Waals surface area contributed by atoms with Crippen LogP contribution in [0.4, 0.5) is 0 Å². The molecule has 0 atom stereocenters. The van der Waals surface area contributed by atoms with Crippen molar-refractivity contribution in [1.82, 2.24) is 15.5 Å². The third kappa shape index (κ3) is 3.96. The number of aromatic nitrogens is 2. The van der Waals surface area contributed by atoms with Crippen molar-refractivity contribution in [2.45, 2.75) is 32.7 Å². The highest BCUT2D eigenvalue weighted by Gasteiger charge is 2.10. The minimum absolute atomic E-state index is 0.240. The van der Waals surface area contributed by atoms with E-state index in [4.69, 9.17) is 10.2 Å². The minimum atomic E-state index is -0.240. The number of aromatic amines is 1. The summed E-state index contributed by atoms with van der Waals surface area (Å²) < 4.78 is 5.59. The summed E-state index contributed by atoms with van der Waals surface area (Å²) in [6.07, 6.45) is 3.99. The first-order valence-electron chi connectivity index (χ1n) is 6.75. The third-order valence-corrected chi connectivity index (χ3v) is 3.05. The van der Waals surface area contributed by atoms with Gasteiger partial charge in [-0.2, -0.15) is 5.10 Å². The van der Waals surface area contributed by atoms with Crippen LogP contribution in [-0.2, 0) is 11.3 Å². The van der Waals surface area contributed by atoms with E-state index in [0.29, 0.717) is 13.0 Å². The molecule has 6 heteroatoms. The molecule has 1 amide bonds. The van der Waals surface area contributed by atoms with Crippen molar-refractivity contribution in [2.24, 2.45) is 5.73 Å². The Morgan fingerprint density at radius 2 is 2.30 bits per heavy atom. The summed E-state index contributed by atoms with van der Waals surface area (Å²) >= 11 is 0. The summed E-state index contributed by atoms with van der Waals surface area (Å²) in [4.78, 5) is 10.6. The second kappa shape index (κ2) is 6.91. The maximum absolute atomic E-state index is 10.6. The number of primary amides is 1. The Labute approximate surface area is 117 Å². The van der Waals surface area contributed by atoms with Gasteiger partial charge in [0.05, 0.1) is 6.20 Å². The zero-order chi connectivity index (χ0) is 14.4. The molecule has 0 unspecified atom stereocenters. The molecule has 0 aliphatic rings. The summed E-state index contributed by atoms with van der Waals surface area (Å²) in [5.41, 5.74) is 7.06. The number of furan rings is 1. The largest absolute Gasteiger partial charge is 0.460 e. The molecule has 0 aliphatic carbocycles. The maximum Gasteiger partial charge on any atom is 0.217 e. The highest BCUT2D eigenvalue weighted by molar-refractivity contribution is 5.73. The first-order valence-corrected chi connectivity index (χ1v) is 6.75. The molecule has 0 fully saturated rings. The number of nitrogens with one attached hydrogen (secondary N) is 2. The van der Waals surface area contributed by atoms with E-state index < -0.39 is 0 Å². The lowest BCUT2D eigenvalue weighted by molar-refractivity contribution is -0.118. The van der Waals surface area contributed by atoms with Gasteiger partial charge in [0.25, 0.3) is 0 Å². The van der Waals surface area contributed by atoms with Crippen LogP contribution in [0.1, 0.15) is 30.6 Å². The molecule has 2 aromatic heterocycles. The fraction of sp³-hybridized carbons (Fsp3) is 0.429. The number of aryl methyl sites for hydroxylation is 1. The van der Waals surface area contributed by atoms with Gasteiger partial charge in [-0.25, -0.2) is 0 Å². The second-order valence-corrected chi connectivity index (χ2v) is 4.78. The molecule has 108 valence electrons. The van der Waals surface area contributed by atoms with Crippen LogP contribution >= 0.6 is 0 Å². The molecule has 0 spiro atoms. The standard InChI is InChI=1S/C14H20N4O2/c1-10-5-6-12(20-10)14-11(9-17-18-14)8-16-7-3-2-4-13(15)19/h5-6,9,16H,2-4,7-8H2,1H3,(H2,15,19)(H,17,18). The van der Waals surface area contributed by atoms with Crippen LogP contribution in [0.15, 0.2) is 22.7 Å². The van der Waals surface area contributed by atoms with Gasteiger partial charge in [0.15, 0.2) is 5.76 Å². The Bertz CT molecular complexity index is 559. The zero-order valence-electron chi connectivity index (χ0n) is 11.6. The number of hydrogen-bond donors (Lipinski definition) is 3. The second-order valence-electron chi connectivity index (χ2n) is 4.78. The van der Waals surface area contributed by atoms with Crippen LogP contribution in [-0.4, -0.2) is 22.6 Å². The normalized spacial score (nSPS) is 10.8. The summed E-state index contributed by atoms with van der Waals surface area (Å²) in [6, 6.07) is 3.86. The monoisotopic (exact) mass is 276 g/mol. The van der Waals surface area contributed by atoms with Crippen molar-refractivity contribution in [1.29, 1.82) is 0 Å². The molecule has 0 aliphatic heterocycles. The smallest absolute Gasteiger partial charge is 0.217 e. The Balaban J connectivity index is 1.79. The van der Waals surface area contributed by atoms with E-state index in [1.165, 1.54) is 0 Å². The quantitative estimate of drug-likeness (QED) is 0.639. The Hall–Kier alpha value is -2.08. The summed E-state index contributed by atoms with van der Waals surface area (Å²) in [6.45, 7) is 3.47. The van der Waals surface area contributed by atoms with Crippen LogP contribution in [0.25, 0.3) is 11.5 Å². The van der Waals surface area contributed by atoms with Gasteiger partial charge in [-0.05, 0) is 38.4 Å². The average Bonchev–Trinajstić information content (AvgIpc) is 3.01. The number of unbranched alkanes of at least 4 members (excludes halogenated alkanes) is 1.